The lowest BCUT2D eigenvalue weighted by atomic mass is 10.1. The molecule has 0 saturated heterocycles. The topological polar surface area (TPSA) is 9.23 Å². The van der Waals surface area contributed by atoms with E-state index in [0.29, 0.717) is 10.2 Å². The zero-order valence-electron chi connectivity index (χ0n) is 10.0. The van der Waals surface area contributed by atoms with E-state index < -0.39 is 11.7 Å². The van der Waals surface area contributed by atoms with E-state index in [1.807, 2.05) is 0 Å². The van der Waals surface area contributed by atoms with Crippen LogP contribution in [0.5, 0.6) is 11.5 Å². The molecule has 0 radical (unpaired) electrons. The summed E-state index contributed by atoms with van der Waals surface area (Å²) in [4.78, 5) is 0. The summed E-state index contributed by atoms with van der Waals surface area (Å²) in [7, 11) is 0. The van der Waals surface area contributed by atoms with Gasteiger partial charge in [0.25, 0.3) is 0 Å². The minimum atomic E-state index is -4.46. The Morgan fingerprint density at radius 2 is 1.80 bits per heavy atom. The van der Waals surface area contributed by atoms with Crippen LogP contribution in [0.1, 0.15) is 11.1 Å². The molecular weight excluding hydrogens is 357 g/mol. The highest BCUT2D eigenvalue weighted by atomic mass is 79.9. The Morgan fingerprint density at radius 1 is 1.10 bits per heavy atom. The van der Waals surface area contributed by atoms with Gasteiger partial charge in [-0.1, -0.05) is 18.2 Å². The van der Waals surface area contributed by atoms with Crippen molar-refractivity contribution in [3.63, 3.8) is 0 Å². The molecule has 2 aromatic carbocycles. The molecule has 0 atom stereocenters. The van der Waals surface area contributed by atoms with Crippen molar-refractivity contribution in [2.75, 3.05) is 0 Å². The minimum Gasteiger partial charge on any atom is -0.456 e. The van der Waals surface area contributed by atoms with Crippen molar-refractivity contribution in [1.29, 1.82) is 0 Å². The molecule has 20 heavy (non-hydrogen) atoms. The lowest BCUT2D eigenvalue weighted by Gasteiger charge is -2.14. The standard InChI is InChI=1S/C14H9BrClF3O/c15-12-3-1-2-4-13(12)20-10-6-5-9(8-16)11(7-10)14(17,18)19/h1-7H,8H2. The molecule has 0 bridgehead atoms. The summed E-state index contributed by atoms with van der Waals surface area (Å²) in [6, 6.07) is 10.7. The molecule has 0 fully saturated rings. The van der Waals surface area contributed by atoms with Gasteiger partial charge in [-0.3, -0.25) is 0 Å². The number of para-hydroxylation sites is 1. The molecule has 0 aliphatic heterocycles. The largest absolute Gasteiger partial charge is 0.456 e. The van der Waals surface area contributed by atoms with Gasteiger partial charge in [0.1, 0.15) is 11.5 Å². The Hall–Kier alpha value is -1.20. The number of alkyl halides is 4. The van der Waals surface area contributed by atoms with Gasteiger partial charge in [0, 0.05) is 5.88 Å². The number of benzene rings is 2. The SMILES string of the molecule is FC(F)(F)c1cc(Oc2ccccc2Br)ccc1CCl. The zero-order valence-corrected chi connectivity index (χ0v) is 12.4. The average Bonchev–Trinajstić information content (AvgIpc) is 2.40. The minimum absolute atomic E-state index is 0.0265. The fourth-order valence-corrected chi connectivity index (χ4v) is 2.25. The van der Waals surface area contributed by atoms with Gasteiger partial charge in [-0.15, -0.1) is 11.6 Å². The maximum atomic E-state index is 12.9. The third-order valence-corrected chi connectivity index (χ3v) is 3.54. The van der Waals surface area contributed by atoms with Gasteiger partial charge in [0.05, 0.1) is 10.0 Å². The first-order valence-corrected chi connectivity index (χ1v) is 6.93. The molecule has 0 aliphatic carbocycles. The van der Waals surface area contributed by atoms with Crippen molar-refractivity contribution in [1.82, 2.24) is 0 Å². The smallest absolute Gasteiger partial charge is 0.416 e. The van der Waals surface area contributed by atoms with E-state index in [9.17, 15) is 13.2 Å². The van der Waals surface area contributed by atoms with Crippen molar-refractivity contribution in [2.45, 2.75) is 12.1 Å². The maximum Gasteiger partial charge on any atom is 0.416 e. The van der Waals surface area contributed by atoms with E-state index in [-0.39, 0.29) is 17.2 Å². The van der Waals surface area contributed by atoms with Crippen molar-refractivity contribution in [3.05, 3.63) is 58.1 Å². The van der Waals surface area contributed by atoms with Gasteiger partial charge < -0.3 is 4.74 Å². The monoisotopic (exact) mass is 364 g/mol. The second-order valence-electron chi connectivity index (χ2n) is 3.98. The van der Waals surface area contributed by atoms with Crippen LogP contribution in [0.4, 0.5) is 13.2 Å². The fourth-order valence-electron chi connectivity index (χ4n) is 1.65. The van der Waals surface area contributed by atoms with Crippen LogP contribution in [-0.2, 0) is 12.1 Å². The Morgan fingerprint density at radius 3 is 2.40 bits per heavy atom. The second kappa shape index (κ2) is 6.06. The van der Waals surface area contributed by atoms with Crippen LogP contribution in [0.25, 0.3) is 0 Å². The molecule has 0 N–H and O–H groups in total. The number of rotatable bonds is 3. The first kappa shape index (κ1) is 15.2. The zero-order chi connectivity index (χ0) is 14.8. The Labute approximate surface area is 127 Å². The number of hydrogen-bond donors (Lipinski definition) is 0. The van der Waals surface area contributed by atoms with Crippen LogP contribution in [0, 0.1) is 0 Å². The van der Waals surface area contributed by atoms with Crippen LogP contribution in [-0.4, -0.2) is 0 Å². The highest BCUT2D eigenvalue weighted by molar-refractivity contribution is 9.10. The van der Waals surface area contributed by atoms with Crippen LogP contribution < -0.4 is 4.74 Å². The normalized spacial score (nSPS) is 11.4. The molecule has 0 spiro atoms. The number of hydrogen-bond acceptors (Lipinski definition) is 1. The molecule has 2 rings (SSSR count). The Balaban J connectivity index is 2.37. The molecule has 106 valence electrons. The van der Waals surface area contributed by atoms with E-state index in [0.717, 1.165) is 6.07 Å². The predicted octanol–water partition coefficient (Wildman–Crippen LogP) is 6.00. The van der Waals surface area contributed by atoms with Gasteiger partial charge in [-0.05, 0) is 45.8 Å². The molecule has 0 saturated carbocycles. The van der Waals surface area contributed by atoms with E-state index in [2.05, 4.69) is 15.9 Å². The van der Waals surface area contributed by atoms with Gasteiger partial charge in [-0.2, -0.15) is 13.2 Å². The third-order valence-electron chi connectivity index (χ3n) is 2.60. The lowest BCUT2D eigenvalue weighted by Crippen LogP contribution is -2.08. The molecule has 0 aromatic heterocycles. The van der Waals surface area contributed by atoms with Gasteiger partial charge in [0.15, 0.2) is 0 Å². The van der Waals surface area contributed by atoms with Crippen molar-refractivity contribution in [2.24, 2.45) is 0 Å². The Bertz CT molecular complexity index is 614. The summed E-state index contributed by atoms with van der Waals surface area (Å²) < 4.78 is 44.8. The van der Waals surface area contributed by atoms with Crippen molar-refractivity contribution in [3.8, 4) is 11.5 Å². The molecule has 0 heterocycles. The van der Waals surface area contributed by atoms with Crippen LogP contribution >= 0.6 is 27.5 Å². The Kier molecular flexibility index (Phi) is 4.60. The number of ether oxygens (including phenoxy) is 1. The van der Waals surface area contributed by atoms with E-state index in [1.165, 1.54) is 12.1 Å². The second-order valence-corrected chi connectivity index (χ2v) is 5.10. The van der Waals surface area contributed by atoms with E-state index >= 15 is 0 Å². The molecule has 0 aliphatic rings. The number of halogens is 5. The summed E-state index contributed by atoms with van der Waals surface area (Å²) in [6.45, 7) is 0. The van der Waals surface area contributed by atoms with E-state index in [1.54, 1.807) is 24.3 Å². The van der Waals surface area contributed by atoms with Crippen LogP contribution in [0.15, 0.2) is 46.9 Å². The first-order valence-electron chi connectivity index (χ1n) is 5.60. The molecule has 0 amide bonds. The summed E-state index contributed by atoms with van der Waals surface area (Å²) >= 11 is 8.80. The summed E-state index contributed by atoms with van der Waals surface area (Å²) in [5.41, 5.74) is -0.754. The quantitative estimate of drug-likeness (QED) is 0.606. The first-order chi connectivity index (χ1) is 9.41. The lowest BCUT2D eigenvalue weighted by molar-refractivity contribution is -0.138. The molecule has 0 unspecified atom stereocenters. The fraction of sp³-hybridized carbons (Fsp3) is 0.143. The van der Waals surface area contributed by atoms with Crippen LogP contribution in [0.3, 0.4) is 0 Å². The van der Waals surface area contributed by atoms with E-state index in [4.69, 9.17) is 16.3 Å². The summed E-state index contributed by atoms with van der Waals surface area (Å²) in [5, 5.41) is 0. The van der Waals surface area contributed by atoms with Crippen molar-refractivity contribution < 1.29 is 17.9 Å². The average molecular weight is 366 g/mol. The van der Waals surface area contributed by atoms with Gasteiger partial charge in [0.2, 0.25) is 0 Å². The molecule has 6 heteroatoms. The third kappa shape index (κ3) is 3.46. The summed E-state index contributed by atoms with van der Waals surface area (Å²) in [5.74, 6) is 0.349. The summed E-state index contributed by atoms with van der Waals surface area (Å²) in [6.07, 6.45) is -4.46. The van der Waals surface area contributed by atoms with Crippen LogP contribution in [0.2, 0.25) is 0 Å². The highest BCUT2D eigenvalue weighted by Crippen LogP contribution is 2.37. The predicted molar refractivity (Wildman–Crippen MR) is 75.2 cm³/mol. The maximum absolute atomic E-state index is 12.9. The van der Waals surface area contributed by atoms with Gasteiger partial charge >= 0.3 is 6.18 Å². The molecular formula is C14H9BrClF3O. The highest BCUT2D eigenvalue weighted by Gasteiger charge is 2.33. The molecule has 2 aromatic rings. The molecule has 1 nitrogen and oxygen atoms in total. The van der Waals surface area contributed by atoms with Crippen molar-refractivity contribution >= 4 is 27.5 Å². The van der Waals surface area contributed by atoms with Gasteiger partial charge in [-0.25, -0.2) is 0 Å².